The largest absolute Gasteiger partial charge is 0.357 e. The van der Waals surface area contributed by atoms with Gasteiger partial charge in [-0.05, 0) is 12.5 Å². The standard InChI is InChI=1S/C20H28N8.HI/c1-3-18-26-25-16-28(18)13-11-23-20(21-4-2)24-14-19-22-10-12-27(19)15-17-8-6-5-7-9-17;/h5-10,12,16H,3-4,11,13-15H2,1-2H3,(H2,21,23,24);1H. The molecule has 9 heteroatoms. The van der Waals surface area contributed by atoms with Crippen LogP contribution in [-0.2, 0) is 26.1 Å². The molecule has 0 aliphatic rings. The fourth-order valence-corrected chi connectivity index (χ4v) is 2.94. The first-order valence-corrected chi connectivity index (χ1v) is 9.73. The van der Waals surface area contributed by atoms with Gasteiger partial charge in [0.15, 0.2) is 5.96 Å². The zero-order valence-corrected chi connectivity index (χ0v) is 19.3. The lowest BCUT2D eigenvalue weighted by molar-refractivity contribution is 0.631. The first kappa shape index (κ1) is 22.9. The molecular weight excluding hydrogens is 479 g/mol. The van der Waals surface area contributed by atoms with E-state index >= 15 is 0 Å². The van der Waals surface area contributed by atoms with E-state index in [1.807, 2.05) is 18.5 Å². The molecule has 0 atom stereocenters. The Labute approximate surface area is 188 Å². The Balaban J connectivity index is 0.00000300. The van der Waals surface area contributed by atoms with Crippen LogP contribution >= 0.6 is 24.0 Å². The van der Waals surface area contributed by atoms with Crippen LogP contribution in [0.15, 0.2) is 54.0 Å². The van der Waals surface area contributed by atoms with Crippen LogP contribution in [0.25, 0.3) is 0 Å². The lowest BCUT2D eigenvalue weighted by Gasteiger charge is -2.12. The number of halogens is 1. The molecule has 0 aliphatic carbocycles. The van der Waals surface area contributed by atoms with Gasteiger partial charge in [-0.2, -0.15) is 0 Å². The average molecular weight is 508 g/mol. The van der Waals surface area contributed by atoms with Crippen molar-refractivity contribution in [1.29, 1.82) is 0 Å². The fourth-order valence-electron chi connectivity index (χ4n) is 2.94. The van der Waals surface area contributed by atoms with Gasteiger partial charge in [0, 0.05) is 45.0 Å². The summed E-state index contributed by atoms with van der Waals surface area (Å²) in [5, 5.41) is 14.7. The number of aromatic nitrogens is 5. The first-order chi connectivity index (χ1) is 13.8. The predicted molar refractivity (Wildman–Crippen MR) is 125 cm³/mol. The Kier molecular flexibility index (Phi) is 9.62. The van der Waals surface area contributed by atoms with E-state index < -0.39 is 0 Å². The summed E-state index contributed by atoms with van der Waals surface area (Å²) in [4.78, 5) is 9.16. The second-order valence-corrected chi connectivity index (χ2v) is 6.37. The summed E-state index contributed by atoms with van der Waals surface area (Å²) in [6, 6.07) is 10.4. The Morgan fingerprint density at radius 3 is 2.66 bits per heavy atom. The molecule has 8 nitrogen and oxygen atoms in total. The zero-order valence-electron chi connectivity index (χ0n) is 17.0. The molecule has 2 N–H and O–H groups in total. The van der Waals surface area contributed by atoms with Gasteiger partial charge < -0.3 is 19.8 Å². The molecular formula is C20H29IN8. The summed E-state index contributed by atoms with van der Waals surface area (Å²) in [6.07, 6.45) is 6.46. The van der Waals surface area contributed by atoms with Crippen molar-refractivity contribution in [2.24, 2.45) is 4.99 Å². The van der Waals surface area contributed by atoms with Crippen molar-refractivity contribution in [3.63, 3.8) is 0 Å². The van der Waals surface area contributed by atoms with Crippen LogP contribution in [0.1, 0.15) is 31.1 Å². The Morgan fingerprint density at radius 1 is 1.07 bits per heavy atom. The summed E-state index contributed by atoms with van der Waals surface area (Å²) in [6.45, 7) is 7.79. The van der Waals surface area contributed by atoms with Crippen molar-refractivity contribution in [3.05, 3.63) is 66.3 Å². The highest BCUT2D eigenvalue weighted by Gasteiger charge is 2.05. The van der Waals surface area contributed by atoms with Crippen LogP contribution in [0.2, 0.25) is 0 Å². The van der Waals surface area contributed by atoms with Crippen LogP contribution in [0, 0.1) is 0 Å². The van der Waals surface area contributed by atoms with Crippen molar-refractivity contribution in [2.75, 3.05) is 13.1 Å². The van der Waals surface area contributed by atoms with Crippen LogP contribution in [-0.4, -0.2) is 43.4 Å². The highest BCUT2D eigenvalue weighted by atomic mass is 127. The summed E-state index contributed by atoms with van der Waals surface area (Å²) in [5.74, 6) is 2.71. The molecule has 0 aliphatic heterocycles. The number of guanidine groups is 1. The molecule has 0 fully saturated rings. The van der Waals surface area contributed by atoms with Crippen molar-refractivity contribution in [3.8, 4) is 0 Å². The van der Waals surface area contributed by atoms with Gasteiger partial charge in [-0.15, -0.1) is 34.2 Å². The average Bonchev–Trinajstić information content (AvgIpc) is 3.36. The van der Waals surface area contributed by atoms with Gasteiger partial charge >= 0.3 is 0 Å². The van der Waals surface area contributed by atoms with E-state index in [4.69, 9.17) is 4.99 Å². The number of hydrogen-bond donors (Lipinski definition) is 2. The Hall–Kier alpha value is -2.43. The molecule has 0 saturated heterocycles. The van der Waals surface area contributed by atoms with E-state index in [1.165, 1.54) is 5.56 Å². The Bertz CT molecular complexity index is 872. The second kappa shape index (κ2) is 12.2. The fraction of sp³-hybridized carbons (Fsp3) is 0.400. The smallest absolute Gasteiger partial charge is 0.191 e. The van der Waals surface area contributed by atoms with Crippen LogP contribution in [0.3, 0.4) is 0 Å². The number of nitrogens with zero attached hydrogens (tertiary/aromatic N) is 6. The van der Waals surface area contributed by atoms with E-state index in [0.717, 1.165) is 50.2 Å². The molecule has 29 heavy (non-hydrogen) atoms. The topological polar surface area (TPSA) is 85.0 Å². The number of nitrogens with one attached hydrogen (secondary N) is 2. The lowest BCUT2D eigenvalue weighted by atomic mass is 10.2. The first-order valence-electron chi connectivity index (χ1n) is 9.73. The normalized spacial score (nSPS) is 11.2. The van der Waals surface area contributed by atoms with Gasteiger partial charge in [-0.3, -0.25) is 0 Å². The van der Waals surface area contributed by atoms with Crippen LogP contribution in [0.5, 0.6) is 0 Å². The third kappa shape index (κ3) is 6.84. The molecule has 156 valence electrons. The molecule has 0 spiro atoms. The number of benzene rings is 1. The third-order valence-electron chi connectivity index (χ3n) is 4.38. The maximum atomic E-state index is 4.69. The minimum Gasteiger partial charge on any atom is -0.357 e. The Morgan fingerprint density at radius 2 is 1.90 bits per heavy atom. The van der Waals surface area contributed by atoms with E-state index in [1.54, 1.807) is 6.33 Å². The molecule has 1 aromatic carbocycles. The van der Waals surface area contributed by atoms with Crippen molar-refractivity contribution in [1.82, 2.24) is 34.9 Å². The van der Waals surface area contributed by atoms with E-state index in [0.29, 0.717) is 6.54 Å². The van der Waals surface area contributed by atoms with E-state index in [9.17, 15) is 0 Å². The highest BCUT2D eigenvalue weighted by molar-refractivity contribution is 14.0. The van der Waals surface area contributed by atoms with E-state index in [2.05, 4.69) is 73.1 Å². The number of aliphatic imine (C=N–C) groups is 1. The zero-order chi connectivity index (χ0) is 19.6. The van der Waals surface area contributed by atoms with Gasteiger partial charge in [0.25, 0.3) is 0 Å². The molecule has 2 aromatic heterocycles. The van der Waals surface area contributed by atoms with E-state index in [-0.39, 0.29) is 24.0 Å². The molecule has 2 heterocycles. The molecule has 3 aromatic rings. The molecule has 0 amide bonds. The highest BCUT2D eigenvalue weighted by Crippen LogP contribution is 2.06. The molecule has 0 radical (unpaired) electrons. The molecule has 3 rings (SSSR count). The minimum absolute atomic E-state index is 0. The maximum Gasteiger partial charge on any atom is 0.191 e. The number of rotatable bonds is 9. The van der Waals surface area contributed by atoms with Gasteiger partial charge in [0.1, 0.15) is 24.5 Å². The number of imidazole rings is 1. The third-order valence-corrected chi connectivity index (χ3v) is 4.38. The van der Waals surface area contributed by atoms with Crippen molar-refractivity contribution >= 4 is 29.9 Å². The minimum atomic E-state index is 0. The quantitative estimate of drug-likeness (QED) is 0.264. The van der Waals surface area contributed by atoms with Gasteiger partial charge in [0.05, 0.1) is 0 Å². The summed E-state index contributed by atoms with van der Waals surface area (Å²) in [7, 11) is 0. The van der Waals surface area contributed by atoms with Crippen LogP contribution < -0.4 is 10.6 Å². The van der Waals surface area contributed by atoms with Crippen LogP contribution in [0.4, 0.5) is 0 Å². The lowest BCUT2D eigenvalue weighted by Crippen LogP contribution is -2.39. The number of aryl methyl sites for hydroxylation is 1. The van der Waals surface area contributed by atoms with Crippen molar-refractivity contribution < 1.29 is 0 Å². The second-order valence-electron chi connectivity index (χ2n) is 6.37. The SMILES string of the molecule is CCNC(=NCc1nccn1Cc1ccccc1)NCCn1cnnc1CC.I. The summed E-state index contributed by atoms with van der Waals surface area (Å²) in [5.41, 5.74) is 1.25. The molecule has 0 unspecified atom stereocenters. The molecule has 0 saturated carbocycles. The molecule has 0 bridgehead atoms. The summed E-state index contributed by atoms with van der Waals surface area (Å²) < 4.78 is 4.19. The predicted octanol–water partition coefficient (Wildman–Crippen LogP) is 2.46. The van der Waals surface area contributed by atoms with Gasteiger partial charge in [-0.1, -0.05) is 37.3 Å². The summed E-state index contributed by atoms with van der Waals surface area (Å²) >= 11 is 0. The van der Waals surface area contributed by atoms with Gasteiger partial charge in [-0.25, -0.2) is 9.98 Å². The maximum absolute atomic E-state index is 4.69. The monoisotopic (exact) mass is 508 g/mol. The van der Waals surface area contributed by atoms with Crippen molar-refractivity contribution in [2.45, 2.75) is 39.9 Å². The number of hydrogen-bond acceptors (Lipinski definition) is 4. The van der Waals surface area contributed by atoms with Gasteiger partial charge in [0.2, 0.25) is 0 Å².